The summed E-state index contributed by atoms with van der Waals surface area (Å²) in [5.74, 6) is -0.164. The fraction of sp³-hybridized carbons (Fsp3) is 0.417. The van der Waals surface area contributed by atoms with Gasteiger partial charge in [-0.3, -0.25) is 10.1 Å². The van der Waals surface area contributed by atoms with E-state index in [1.165, 1.54) is 12.1 Å². The van der Waals surface area contributed by atoms with Crippen LogP contribution in [-0.4, -0.2) is 23.4 Å². The average Bonchev–Trinajstić information content (AvgIpc) is 2.36. The molecule has 0 aliphatic carbocycles. The van der Waals surface area contributed by atoms with Crippen LogP contribution in [0.25, 0.3) is 0 Å². The minimum Gasteiger partial charge on any atom is -0.462 e. The molecular formula is C12H14ClNO4. The fourth-order valence-electron chi connectivity index (χ4n) is 1.54. The van der Waals surface area contributed by atoms with Gasteiger partial charge in [0.15, 0.2) is 0 Å². The van der Waals surface area contributed by atoms with Crippen LogP contribution in [0.3, 0.4) is 0 Å². The third-order valence-corrected chi connectivity index (χ3v) is 2.62. The largest absolute Gasteiger partial charge is 0.462 e. The summed E-state index contributed by atoms with van der Waals surface area (Å²) in [5, 5.41) is 10.8. The number of aryl methyl sites for hydroxylation is 1. The zero-order valence-corrected chi connectivity index (χ0v) is 10.8. The molecule has 0 aliphatic rings. The average molecular weight is 272 g/mol. The molecule has 98 valence electrons. The molecule has 1 aromatic carbocycles. The van der Waals surface area contributed by atoms with Crippen molar-refractivity contribution in [2.24, 2.45) is 0 Å². The highest BCUT2D eigenvalue weighted by Gasteiger charge is 2.21. The highest BCUT2D eigenvalue weighted by atomic mass is 35.5. The van der Waals surface area contributed by atoms with Gasteiger partial charge in [0.05, 0.1) is 11.5 Å². The van der Waals surface area contributed by atoms with Crippen LogP contribution in [0.1, 0.15) is 29.3 Å². The van der Waals surface area contributed by atoms with E-state index in [2.05, 4.69) is 0 Å². The number of nitro groups is 1. The maximum Gasteiger partial charge on any atom is 0.345 e. The molecule has 1 aromatic rings. The molecule has 0 bridgehead atoms. The van der Waals surface area contributed by atoms with Gasteiger partial charge in [0.25, 0.3) is 5.69 Å². The summed E-state index contributed by atoms with van der Waals surface area (Å²) in [6.45, 7) is 1.84. The zero-order chi connectivity index (χ0) is 13.5. The lowest BCUT2D eigenvalue weighted by molar-refractivity contribution is -0.385. The van der Waals surface area contributed by atoms with Crippen molar-refractivity contribution in [2.45, 2.75) is 19.8 Å². The molecule has 0 amide bonds. The van der Waals surface area contributed by atoms with Crippen molar-refractivity contribution in [1.82, 2.24) is 0 Å². The van der Waals surface area contributed by atoms with E-state index < -0.39 is 10.9 Å². The van der Waals surface area contributed by atoms with Crippen molar-refractivity contribution in [1.29, 1.82) is 0 Å². The van der Waals surface area contributed by atoms with E-state index in [-0.39, 0.29) is 17.9 Å². The van der Waals surface area contributed by atoms with E-state index >= 15 is 0 Å². The van der Waals surface area contributed by atoms with Crippen molar-refractivity contribution < 1.29 is 14.5 Å². The van der Waals surface area contributed by atoms with E-state index in [1.807, 2.05) is 0 Å². The number of hydrogen-bond donors (Lipinski definition) is 0. The molecule has 6 heteroatoms. The maximum atomic E-state index is 11.6. The lowest BCUT2D eigenvalue weighted by atomic mass is 10.1. The van der Waals surface area contributed by atoms with Crippen molar-refractivity contribution in [2.75, 3.05) is 12.5 Å². The van der Waals surface area contributed by atoms with Gasteiger partial charge in [0.1, 0.15) is 5.56 Å². The number of carbonyl (C=O) groups excluding carboxylic acids is 1. The second-order valence-electron chi connectivity index (χ2n) is 3.62. The number of benzene rings is 1. The lowest BCUT2D eigenvalue weighted by Gasteiger charge is -2.05. The van der Waals surface area contributed by atoms with Gasteiger partial charge in [-0.15, -0.1) is 11.6 Å². The van der Waals surface area contributed by atoms with E-state index in [4.69, 9.17) is 16.3 Å². The van der Waals surface area contributed by atoms with Gasteiger partial charge in [0.2, 0.25) is 0 Å². The Balaban J connectivity index is 3.07. The minimum atomic E-state index is -0.670. The number of nitrogens with zero attached hydrogens (tertiary/aromatic N) is 1. The van der Waals surface area contributed by atoms with Crippen molar-refractivity contribution in [3.63, 3.8) is 0 Å². The van der Waals surface area contributed by atoms with Crippen molar-refractivity contribution in [3.8, 4) is 0 Å². The normalized spacial score (nSPS) is 10.1. The molecular weight excluding hydrogens is 258 g/mol. The highest BCUT2D eigenvalue weighted by molar-refractivity contribution is 6.17. The van der Waals surface area contributed by atoms with Gasteiger partial charge in [-0.05, 0) is 31.4 Å². The van der Waals surface area contributed by atoms with Gasteiger partial charge in [0, 0.05) is 11.9 Å². The van der Waals surface area contributed by atoms with E-state index in [0.29, 0.717) is 12.3 Å². The third-order valence-electron chi connectivity index (χ3n) is 2.35. The molecule has 0 unspecified atom stereocenters. The number of esters is 1. The van der Waals surface area contributed by atoms with Crippen LogP contribution in [0.4, 0.5) is 5.69 Å². The van der Waals surface area contributed by atoms with Gasteiger partial charge in [-0.2, -0.15) is 0 Å². The Hall–Kier alpha value is -1.62. The number of nitro benzene ring substituents is 1. The Morgan fingerprint density at radius 2 is 2.22 bits per heavy atom. The number of ether oxygens (including phenoxy) is 1. The van der Waals surface area contributed by atoms with Crippen LogP contribution in [-0.2, 0) is 11.2 Å². The Bertz CT molecular complexity index is 448. The Morgan fingerprint density at radius 3 is 2.78 bits per heavy atom. The van der Waals surface area contributed by atoms with E-state index in [1.54, 1.807) is 13.0 Å². The molecule has 0 aromatic heterocycles. The van der Waals surface area contributed by atoms with Gasteiger partial charge < -0.3 is 4.74 Å². The molecule has 0 aliphatic heterocycles. The first-order valence-corrected chi connectivity index (χ1v) is 6.14. The molecule has 0 saturated heterocycles. The number of halogens is 1. The van der Waals surface area contributed by atoms with Crippen molar-refractivity contribution in [3.05, 3.63) is 39.4 Å². The summed E-state index contributed by atoms with van der Waals surface area (Å²) in [6.07, 6.45) is 1.43. The zero-order valence-electron chi connectivity index (χ0n) is 10.0. The van der Waals surface area contributed by atoms with Crippen LogP contribution >= 0.6 is 11.6 Å². The summed E-state index contributed by atoms with van der Waals surface area (Å²) in [7, 11) is 0. The SMILES string of the molecule is CCOC(=O)c1cc(CCCCl)ccc1[N+](=O)[O-]. The second-order valence-corrected chi connectivity index (χ2v) is 4.00. The van der Waals surface area contributed by atoms with Gasteiger partial charge in [-0.1, -0.05) is 6.07 Å². The van der Waals surface area contributed by atoms with Crippen molar-refractivity contribution >= 4 is 23.3 Å². The van der Waals surface area contributed by atoms with Gasteiger partial charge in [-0.25, -0.2) is 4.79 Å². The van der Waals surface area contributed by atoms with Crippen LogP contribution in [0, 0.1) is 10.1 Å². The third kappa shape index (κ3) is 3.70. The monoisotopic (exact) mass is 271 g/mol. The summed E-state index contributed by atoms with van der Waals surface area (Å²) < 4.78 is 4.81. The summed E-state index contributed by atoms with van der Waals surface area (Å²) in [5.41, 5.74) is 0.598. The highest BCUT2D eigenvalue weighted by Crippen LogP contribution is 2.21. The predicted molar refractivity (Wildman–Crippen MR) is 68.1 cm³/mol. The van der Waals surface area contributed by atoms with E-state index in [9.17, 15) is 14.9 Å². The second kappa shape index (κ2) is 6.96. The molecule has 5 nitrogen and oxygen atoms in total. The molecule has 1 rings (SSSR count). The molecule has 0 N–H and O–H groups in total. The topological polar surface area (TPSA) is 69.4 Å². The van der Waals surface area contributed by atoms with Gasteiger partial charge >= 0.3 is 5.97 Å². The number of hydrogen-bond acceptors (Lipinski definition) is 4. The number of alkyl halides is 1. The molecule has 0 radical (unpaired) electrons. The molecule has 0 saturated carbocycles. The standard InChI is InChI=1S/C12H14ClNO4/c1-2-18-12(15)10-8-9(4-3-7-13)5-6-11(10)14(16)17/h5-6,8H,2-4,7H2,1H3. The van der Waals surface area contributed by atoms with Crippen LogP contribution in [0.2, 0.25) is 0 Å². The molecule has 18 heavy (non-hydrogen) atoms. The summed E-state index contributed by atoms with van der Waals surface area (Å²) in [6, 6.07) is 4.46. The Labute approximate surface area is 110 Å². The quantitative estimate of drug-likeness (QED) is 0.345. The Morgan fingerprint density at radius 1 is 1.50 bits per heavy atom. The lowest BCUT2D eigenvalue weighted by Crippen LogP contribution is -2.08. The smallest absolute Gasteiger partial charge is 0.345 e. The predicted octanol–water partition coefficient (Wildman–Crippen LogP) is 2.94. The molecule has 0 spiro atoms. The van der Waals surface area contributed by atoms with Crippen LogP contribution in [0.15, 0.2) is 18.2 Å². The molecule has 0 fully saturated rings. The first-order valence-electron chi connectivity index (χ1n) is 5.60. The molecule has 0 atom stereocenters. The molecule has 0 heterocycles. The van der Waals surface area contributed by atoms with E-state index in [0.717, 1.165) is 12.0 Å². The van der Waals surface area contributed by atoms with Crippen LogP contribution in [0.5, 0.6) is 0 Å². The first kappa shape index (κ1) is 14.4. The summed E-state index contributed by atoms with van der Waals surface area (Å²) >= 11 is 5.59. The van der Waals surface area contributed by atoms with Crippen LogP contribution < -0.4 is 0 Å². The number of rotatable bonds is 6. The fourth-order valence-corrected chi connectivity index (χ4v) is 1.67. The minimum absolute atomic E-state index is 0.00563. The number of carbonyl (C=O) groups is 1. The first-order chi connectivity index (χ1) is 8.60. The Kier molecular flexibility index (Phi) is 5.58. The maximum absolute atomic E-state index is 11.6. The summed E-state index contributed by atoms with van der Waals surface area (Å²) in [4.78, 5) is 21.9.